The van der Waals surface area contributed by atoms with Gasteiger partial charge in [-0.2, -0.15) is 0 Å². The zero-order valence-corrected chi connectivity index (χ0v) is 36.2. The molecule has 1 N–H and O–H groups in total. The van der Waals surface area contributed by atoms with Gasteiger partial charge in [0.15, 0.2) is 0 Å². The number of ether oxygens (including phenoxy) is 2. The molecule has 6 rings (SSSR count). The first kappa shape index (κ1) is 48.4. The molecular weight excluding hydrogens is 842 g/mol. The average Bonchev–Trinajstić information content (AvgIpc) is 3.26. The van der Waals surface area contributed by atoms with Gasteiger partial charge in [-0.3, -0.25) is 0 Å². The maximum atomic E-state index is 14.9. The molecule has 2 atom stereocenters. The molecule has 0 aromatic heterocycles. The van der Waals surface area contributed by atoms with E-state index in [9.17, 15) is 27.5 Å². The van der Waals surface area contributed by atoms with Gasteiger partial charge in [0.2, 0.25) is 0 Å². The van der Waals surface area contributed by atoms with E-state index in [4.69, 9.17) is 32.7 Å². The van der Waals surface area contributed by atoms with Crippen molar-refractivity contribution in [1.82, 2.24) is 0 Å². The summed E-state index contributed by atoms with van der Waals surface area (Å²) in [5, 5.41) is 10.3. The molecule has 4 nitrogen and oxygen atoms in total. The van der Waals surface area contributed by atoms with Gasteiger partial charge in [-0.15, -0.1) is 8.58 Å². The normalized spacial score (nSPS) is 12.5. The van der Waals surface area contributed by atoms with Gasteiger partial charge in [-0.25, -0.2) is 17.6 Å². The summed E-state index contributed by atoms with van der Waals surface area (Å²) in [5.41, 5.74) is 2.21. The van der Waals surface area contributed by atoms with Crippen molar-refractivity contribution in [2.75, 3.05) is 19.9 Å². The summed E-state index contributed by atoms with van der Waals surface area (Å²) in [4.78, 5) is 11.0. The van der Waals surface area contributed by atoms with E-state index in [-0.39, 0.29) is 32.3 Å². The lowest BCUT2D eigenvalue weighted by Gasteiger charge is -2.16. The molecule has 6 aromatic carbocycles. The minimum atomic E-state index is -0.978. The van der Waals surface area contributed by atoms with E-state index in [2.05, 4.69) is 13.3 Å². The van der Waals surface area contributed by atoms with Gasteiger partial charge in [0.1, 0.15) is 52.6 Å². The lowest BCUT2D eigenvalue weighted by atomic mass is 9.93. The van der Waals surface area contributed by atoms with Crippen LogP contribution < -0.4 is 9.47 Å². The average molecular weight is 890 g/mol. The highest BCUT2D eigenvalue weighted by Gasteiger charge is 2.23. The molecule has 6 aromatic rings. The Morgan fingerprint density at radius 3 is 1.34 bits per heavy atom. The van der Waals surface area contributed by atoms with Crippen LogP contribution in [0.2, 0.25) is 10.0 Å². The zero-order valence-electron chi connectivity index (χ0n) is 33.7. The molecule has 0 saturated heterocycles. The highest BCUT2D eigenvalue weighted by molar-refractivity contribution is 7.35. The van der Waals surface area contributed by atoms with Crippen molar-refractivity contribution >= 4 is 38.1 Å². The number of aliphatic hydroxyl groups excluding tert-OH is 1. The predicted molar refractivity (Wildman–Crippen MR) is 243 cm³/mol. The van der Waals surface area contributed by atoms with E-state index in [0.29, 0.717) is 61.6 Å². The summed E-state index contributed by atoms with van der Waals surface area (Å²) in [6, 6.07) is 45.0. The van der Waals surface area contributed by atoms with Gasteiger partial charge < -0.3 is 19.4 Å². The Kier molecular flexibility index (Phi) is 20.8. The fourth-order valence-electron chi connectivity index (χ4n) is 6.03. The first-order chi connectivity index (χ1) is 29.5. The number of hydrogen-bond acceptors (Lipinski definition) is 4. The van der Waals surface area contributed by atoms with E-state index in [0.717, 1.165) is 8.58 Å². The van der Waals surface area contributed by atoms with Gasteiger partial charge in [0.05, 0.1) is 0 Å². The molecule has 0 bridgehead atoms. The van der Waals surface area contributed by atoms with Crippen LogP contribution in [0, 0.1) is 0 Å². The first-order valence-electron chi connectivity index (χ1n) is 19.4. The molecule has 61 heavy (non-hydrogen) atoms. The molecule has 0 spiro atoms. The highest BCUT2D eigenvalue weighted by Crippen LogP contribution is 2.35. The SMILES string of the molecule is CPC.O=CCC(/C(F)=C(\F)Cc1cccc(Oc2ccccc2)c1)c1ccc(Cl)cc1.OCCC(/C(F)=C(\F)Cc1cccc(Oc2ccccc2)c1)c1ccc(Cl)cc1. The van der Waals surface area contributed by atoms with Gasteiger partial charge in [0.25, 0.3) is 0 Å². The number of aldehydes is 1. The monoisotopic (exact) mass is 888 g/mol. The summed E-state index contributed by atoms with van der Waals surface area (Å²) in [7, 11) is 1.08. The van der Waals surface area contributed by atoms with E-state index in [1.54, 1.807) is 97.1 Å². The maximum absolute atomic E-state index is 14.9. The fraction of sp³-hybridized carbons (Fsp3) is 0.180. The molecule has 0 fully saturated rings. The zero-order chi connectivity index (χ0) is 44.0. The van der Waals surface area contributed by atoms with Crippen LogP contribution in [0.4, 0.5) is 17.6 Å². The molecule has 0 heterocycles. The number of benzene rings is 6. The van der Waals surface area contributed by atoms with E-state index in [1.807, 2.05) is 60.7 Å². The van der Waals surface area contributed by atoms with Crippen LogP contribution in [0.3, 0.4) is 0 Å². The van der Waals surface area contributed by atoms with Crippen molar-refractivity contribution in [3.05, 3.63) is 213 Å². The van der Waals surface area contributed by atoms with E-state index >= 15 is 0 Å². The lowest BCUT2D eigenvalue weighted by molar-refractivity contribution is -0.108. The van der Waals surface area contributed by atoms with Crippen LogP contribution in [0.5, 0.6) is 23.0 Å². The molecule has 0 aliphatic heterocycles. The summed E-state index contributed by atoms with van der Waals surface area (Å²) in [5.74, 6) is -3.05. The van der Waals surface area contributed by atoms with Crippen molar-refractivity contribution in [3.63, 3.8) is 0 Å². The van der Waals surface area contributed by atoms with Crippen molar-refractivity contribution in [2.24, 2.45) is 0 Å². The number of halogens is 6. The Hall–Kier alpha value is -5.24. The highest BCUT2D eigenvalue weighted by atomic mass is 35.5. The van der Waals surface area contributed by atoms with Crippen molar-refractivity contribution < 1.29 is 36.9 Å². The van der Waals surface area contributed by atoms with Crippen molar-refractivity contribution in [2.45, 2.75) is 37.5 Å². The quantitative estimate of drug-likeness (QED) is 0.0598. The van der Waals surface area contributed by atoms with Gasteiger partial charge in [-0.1, -0.05) is 108 Å². The minimum absolute atomic E-state index is 0.0814. The summed E-state index contributed by atoms with van der Waals surface area (Å²) in [6.07, 6.45) is 0.0741. The lowest BCUT2D eigenvalue weighted by Crippen LogP contribution is -2.05. The molecule has 2 unspecified atom stereocenters. The molecule has 0 saturated carbocycles. The Morgan fingerprint density at radius 2 is 0.951 bits per heavy atom. The Morgan fingerprint density at radius 1 is 0.574 bits per heavy atom. The second kappa shape index (κ2) is 26.2. The summed E-state index contributed by atoms with van der Waals surface area (Å²) >= 11 is 11.7. The van der Waals surface area contributed by atoms with E-state index in [1.165, 1.54) is 0 Å². The number of carbonyl (C=O) groups excluding carboxylic acids is 1. The molecule has 11 heteroatoms. The first-order valence-corrected chi connectivity index (χ1v) is 22.2. The molecule has 0 amide bonds. The number of carbonyl (C=O) groups is 1. The number of rotatable bonds is 16. The molecular formula is C50H47Cl2F4O4P. The van der Waals surface area contributed by atoms with Crippen LogP contribution in [0.25, 0.3) is 0 Å². The molecule has 318 valence electrons. The maximum Gasteiger partial charge on any atom is 0.139 e. The van der Waals surface area contributed by atoms with Crippen LogP contribution in [-0.4, -0.2) is 31.3 Å². The van der Waals surface area contributed by atoms with E-state index < -0.39 is 35.1 Å². The fourth-order valence-corrected chi connectivity index (χ4v) is 6.29. The number of para-hydroxylation sites is 2. The van der Waals surface area contributed by atoms with Gasteiger partial charge in [-0.05, 0) is 115 Å². The molecule has 0 aliphatic rings. The standard InChI is InChI=1S/C24H21ClF2O2.C24H19ClF2O2.C2H7P/c2*25-19-11-9-18(10-12-19)22(13-14-28)24(27)23(26)16-17-5-4-8-21(15-17)29-20-6-2-1-3-7-20;1-3-2/h1-12,15,22,28H,13-14,16H2;1-12,14-15,22H,13,16H2;3H,1-2H3/b2*24-23+;. The number of aliphatic hydroxyl groups is 1. The predicted octanol–water partition coefficient (Wildman–Crippen LogP) is 15.1. The van der Waals surface area contributed by atoms with Crippen molar-refractivity contribution in [1.29, 1.82) is 0 Å². The third kappa shape index (κ3) is 16.3. The van der Waals surface area contributed by atoms with Gasteiger partial charge in [0, 0.05) is 47.8 Å². The Bertz CT molecular complexity index is 2290. The van der Waals surface area contributed by atoms with Crippen LogP contribution in [0.15, 0.2) is 181 Å². The minimum Gasteiger partial charge on any atom is -0.457 e. The van der Waals surface area contributed by atoms with Crippen LogP contribution in [0.1, 0.15) is 46.9 Å². The van der Waals surface area contributed by atoms with Gasteiger partial charge >= 0.3 is 0 Å². The smallest absolute Gasteiger partial charge is 0.139 e. The molecule has 0 radical (unpaired) electrons. The second-order valence-electron chi connectivity index (χ2n) is 13.6. The summed E-state index contributed by atoms with van der Waals surface area (Å²) < 4.78 is 70.7. The van der Waals surface area contributed by atoms with Crippen molar-refractivity contribution in [3.8, 4) is 23.0 Å². The third-order valence-corrected chi connectivity index (χ3v) is 9.40. The Balaban J connectivity index is 0.000000252. The Labute approximate surface area is 367 Å². The number of hydrogen-bond donors (Lipinski definition) is 1. The largest absolute Gasteiger partial charge is 0.457 e. The second-order valence-corrected chi connectivity index (χ2v) is 15.5. The number of allylic oxidation sites excluding steroid dienone is 4. The third-order valence-electron chi connectivity index (χ3n) is 8.90. The summed E-state index contributed by atoms with van der Waals surface area (Å²) in [6.45, 7) is 4.05. The molecule has 0 aliphatic carbocycles. The van der Waals surface area contributed by atoms with Crippen LogP contribution in [-0.2, 0) is 17.6 Å². The topological polar surface area (TPSA) is 55.8 Å². The van der Waals surface area contributed by atoms with Crippen LogP contribution >= 0.6 is 31.8 Å².